The van der Waals surface area contributed by atoms with E-state index >= 15 is 0 Å². The molecule has 7 nitrogen and oxygen atoms in total. The van der Waals surface area contributed by atoms with Crippen molar-refractivity contribution in [2.75, 3.05) is 13.1 Å². The molecule has 0 aromatic rings. The highest BCUT2D eigenvalue weighted by Gasteiger charge is 2.42. The normalized spacial score (nSPS) is 27.7. The van der Waals surface area contributed by atoms with Gasteiger partial charge in [-0.1, -0.05) is 0 Å². The molecule has 2 saturated heterocycles. The number of carbonyl (C=O) groups is 3. The van der Waals surface area contributed by atoms with Crippen LogP contribution in [0, 0.1) is 0 Å². The molecule has 2 aliphatic heterocycles. The lowest BCUT2D eigenvalue weighted by atomic mass is 10.1. The second-order valence-electron chi connectivity index (χ2n) is 5.51. The summed E-state index contributed by atoms with van der Waals surface area (Å²) in [4.78, 5) is 38.6. The molecule has 7 heteroatoms. The Kier molecular flexibility index (Phi) is 4.27. The molecule has 2 aliphatic rings. The minimum absolute atomic E-state index is 0.244. The van der Waals surface area contributed by atoms with Crippen LogP contribution in [0.2, 0.25) is 0 Å². The van der Waals surface area contributed by atoms with Gasteiger partial charge in [0, 0.05) is 13.1 Å². The van der Waals surface area contributed by atoms with Crippen molar-refractivity contribution in [2.45, 2.75) is 50.7 Å². The van der Waals surface area contributed by atoms with Crippen molar-refractivity contribution in [3.8, 4) is 0 Å². The molecule has 2 heterocycles. The van der Waals surface area contributed by atoms with Crippen molar-refractivity contribution in [3.05, 3.63) is 0 Å². The smallest absolute Gasteiger partial charge is 0.326 e. The zero-order chi connectivity index (χ0) is 14.9. The van der Waals surface area contributed by atoms with Gasteiger partial charge in [0.25, 0.3) is 0 Å². The van der Waals surface area contributed by atoms with E-state index in [0.717, 1.165) is 6.42 Å². The van der Waals surface area contributed by atoms with Crippen molar-refractivity contribution in [2.24, 2.45) is 5.73 Å². The maximum Gasteiger partial charge on any atom is 0.326 e. The van der Waals surface area contributed by atoms with E-state index in [9.17, 15) is 14.4 Å². The highest BCUT2D eigenvalue weighted by atomic mass is 16.4. The van der Waals surface area contributed by atoms with Gasteiger partial charge < -0.3 is 20.6 Å². The van der Waals surface area contributed by atoms with E-state index < -0.39 is 24.1 Å². The van der Waals surface area contributed by atoms with Crippen LogP contribution < -0.4 is 5.73 Å². The number of amides is 2. The SMILES string of the molecule is C[C@@H](N)C(=O)N1CCC[C@H]1C(=O)N1CCC[C@H]1C(=O)O. The molecule has 3 N–H and O–H groups in total. The van der Waals surface area contributed by atoms with Gasteiger partial charge in [-0.05, 0) is 32.6 Å². The fourth-order valence-corrected chi connectivity index (χ4v) is 3.03. The summed E-state index contributed by atoms with van der Waals surface area (Å²) in [6, 6.07) is -1.94. The number of likely N-dealkylation sites (tertiary alicyclic amines) is 2. The van der Waals surface area contributed by atoms with Crippen LogP contribution in [0.3, 0.4) is 0 Å². The van der Waals surface area contributed by atoms with E-state index in [-0.39, 0.29) is 11.8 Å². The molecule has 0 bridgehead atoms. The van der Waals surface area contributed by atoms with Gasteiger partial charge in [0.1, 0.15) is 12.1 Å². The van der Waals surface area contributed by atoms with E-state index in [2.05, 4.69) is 0 Å². The Morgan fingerprint density at radius 2 is 1.65 bits per heavy atom. The van der Waals surface area contributed by atoms with Crippen LogP contribution in [0.25, 0.3) is 0 Å². The van der Waals surface area contributed by atoms with Gasteiger partial charge in [0.15, 0.2) is 0 Å². The standard InChI is InChI=1S/C13H21N3O4/c1-8(14)11(17)15-6-2-4-9(15)12(18)16-7-3-5-10(16)13(19)20/h8-10H,2-7,14H2,1H3,(H,19,20)/t8-,9+,10+/m1/s1. The molecule has 2 fully saturated rings. The number of nitrogens with two attached hydrogens (primary N) is 1. The average molecular weight is 283 g/mol. The van der Waals surface area contributed by atoms with Crippen molar-refractivity contribution < 1.29 is 19.5 Å². The first kappa shape index (κ1) is 14.8. The lowest BCUT2D eigenvalue weighted by Crippen LogP contribution is -2.53. The van der Waals surface area contributed by atoms with Crippen LogP contribution in [0.4, 0.5) is 0 Å². The number of hydrogen-bond acceptors (Lipinski definition) is 4. The lowest BCUT2D eigenvalue weighted by Gasteiger charge is -2.30. The predicted molar refractivity (Wildman–Crippen MR) is 70.8 cm³/mol. The Morgan fingerprint density at radius 1 is 1.10 bits per heavy atom. The van der Waals surface area contributed by atoms with E-state index in [0.29, 0.717) is 32.4 Å². The maximum atomic E-state index is 12.5. The molecule has 0 unspecified atom stereocenters. The molecule has 0 aromatic carbocycles. The Bertz CT molecular complexity index is 424. The molecule has 20 heavy (non-hydrogen) atoms. The average Bonchev–Trinajstić information content (AvgIpc) is 3.05. The van der Waals surface area contributed by atoms with Gasteiger partial charge in [-0.15, -0.1) is 0 Å². The van der Waals surface area contributed by atoms with Crippen molar-refractivity contribution in [1.82, 2.24) is 9.80 Å². The largest absolute Gasteiger partial charge is 0.480 e. The first-order valence-electron chi connectivity index (χ1n) is 7.03. The van der Waals surface area contributed by atoms with Crippen molar-refractivity contribution >= 4 is 17.8 Å². The summed E-state index contributed by atoms with van der Waals surface area (Å²) in [5, 5.41) is 9.14. The summed E-state index contributed by atoms with van der Waals surface area (Å²) in [6.45, 7) is 2.56. The second kappa shape index (κ2) is 5.78. The highest BCUT2D eigenvalue weighted by molar-refractivity contribution is 5.92. The van der Waals surface area contributed by atoms with Crippen LogP contribution in [0.15, 0.2) is 0 Å². The maximum absolute atomic E-state index is 12.5. The van der Waals surface area contributed by atoms with E-state index in [1.807, 2.05) is 0 Å². The van der Waals surface area contributed by atoms with Crippen LogP contribution in [0.5, 0.6) is 0 Å². The molecular formula is C13H21N3O4. The predicted octanol–water partition coefficient (Wildman–Crippen LogP) is -0.600. The fourth-order valence-electron chi connectivity index (χ4n) is 3.03. The topological polar surface area (TPSA) is 104 Å². The fraction of sp³-hybridized carbons (Fsp3) is 0.769. The van der Waals surface area contributed by atoms with Gasteiger partial charge in [-0.2, -0.15) is 0 Å². The third-order valence-electron chi connectivity index (χ3n) is 4.03. The minimum Gasteiger partial charge on any atom is -0.480 e. The van der Waals surface area contributed by atoms with Crippen LogP contribution in [-0.4, -0.2) is 63.9 Å². The zero-order valence-electron chi connectivity index (χ0n) is 11.6. The molecule has 0 radical (unpaired) electrons. The van der Waals surface area contributed by atoms with E-state index in [1.54, 1.807) is 6.92 Å². The lowest BCUT2D eigenvalue weighted by molar-refractivity contribution is -0.151. The molecule has 2 amide bonds. The highest BCUT2D eigenvalue weighted by Crippen LogP contribution is 2.25. The Balaban J connectivity index is 2.11. The number of carbonyl (C=O) groups excluding carboxylic acids is 2. The molecule has 0 aliphatic carbocycles. The number of carboxylic acid groups (broad SMARTS) is 1. The Hall–Kier alpha value is -1.63. The number of aliphatic carboxylic acids is 1. The van der Waals surface area contributed by atoms with Crippen LogP contribution >= 0.6 is 0 Å². The number of carboxylic acids is 1. The van der Waals surface area contributed by atoms with Gasteiger partial charge in [-0.3, -0.25) is 9.59 Å². The molecule has 112 valence electrons. The number of rotatable bonds is 3. The molecule has 0 saturated carbocycles. The Morgan fingerprint density at radius 3 is 2.20 bits per heavy atom. The number of hydrogen-bond donors (Lipinski definition) is 2. The van der Waals surface area contributed by atoms with Gasteiger partial charge >= 0.3 is 5.97 Å². The summed E-state index contributed by atoms with van der Waals surface area (Å²) in [7, 11) is 0. The Labute approximate surface area is 117 Å². The minimum atomic E-state index is -0.973. The van der Waals surface area contributed by atoms with Gasteiger partial charge in [0.05, 0.1) is 6.04 Å². The molecule has 2 rings (SSSR count). The zero-order valence-corrected chi connectivity index (χ0v) is 11.6. The third-order valence-corrected chi connectivity index (χ3v) is 4.03. The summed E-state index contributed by atoms with van der Waals surface area (Å²) >= 11 is 0. The second-order valence-corrected chi connectivity index (χ2v) is 5.51. The first-order chi connectivity index (χ1) is 9.43. The quantitative estimate of drug-likeness (QED) is 0.720. The third kappa shape index (κ3) is 2.63. The molecule has 0 aromatic heterocycles. The number of nitrogens with zero attached hydrogens (tertiary/aromatic N) is 2. The molecule has 0 spiro atoms. The van der Waals surface area contributed by atoms with Crippen LogP contribution in [0.1, 0.15) is 32.6 Å². The molecule has 3 atom stereocenters. The van der Waals surface area contributed by atoms with E-state index in [1.165, 1.54) is 9.80 Å². The van der Waals surface area contributed by atoms with Gasteiger partial charge in [-0.25, -0.2) is 4.79 Å². The van der Waals surface area contributed by atoms with Crippen molar-refractivity contribution in [3.63, 3.8) is 0 Å². The van der Waals surface area contributed by atoms with E-state index in [4.69, 9.17) is 10.8 Å². The monoisotopic (exact) mass is 283 g/mol. The summed E-state index contributed by atoms with van der Waals surface area (Å²) < 4.78 is 0. The summed E-state index contributed by atoms with van der Waals surface area (Å²) in [5.74, 6) is -1.47. The first-order valence-corrected chi connectivity index (χ1v) is 7.03. The van der Waals surface area contributed by atoms with Crippen LogP contribution in [-0.2, 0) is 14.4 Å². The van der Waals surface area contributed by atoms with Gasteiger partial charge in [0.2, 0.25) is 11.8 Å². The molecular weight excluding hydrogens is 262 g/mol. The summed E-state index contributed by atoms with van der Waals surface area (Å²) in [5.41, 5.74) is 5.60. The summed E-state index contributed by atoms with van der Waals surface area (Å²) in [6.07, 6.45) is 2.51. The van der Waals surface area contributed by atoms with Crippen molar-refractivity contribution in [1.29, 1.82) is 0 Å².